The van der Waals surface area contributed by atoms with E-state index in [4.69, 9.17) is 4.52 Å². The van der Waals surface area contributed by atoms with E-state index in [0.717, 1.165) is 18.8 Å². The molecule has 1 atom stereocenters. The van der Waals surface area contributed by atoms with Crippen LogP contribution in [-0.2, 0) is 16.6 Å². The highest BCUT2D eigenvalue weighted by atomic mass is 32.2. The van der Waals surface area contributed by atoms with E-state index in [1.165, 1.54) is 0 Å². The molecule has 0 saturated heterocycles. The van der Waals surface area contributed by atoms with Crippen LogP contribution in [0.1, 0.15) is 61.8 Å². The fraction of sp³-hybridized carbons (Fsp3) is 0.643. The summed E-state index contributed by atoms with van der Waals surface area (Å²) in [5, 5.41) is 8.19. The van der Waals surface area contributed by atoms with Gasteiger partial charge in [-0.2, -0.15) is 5.10 Å². The highest BCUT2D eigenvalue weighted by Crippen LogP contribution is 2.28. The van der Waals surface area contributed by atoms with E-state index in [2.05, 4.69) is 20.0 Å². The molecule has 0 bridgehead atoms. The van der Waals surface area contributed by atoms with Gasteiger partial charge in [-0.05, 0) is 26.7 Å². The van der Waals surface area contributed by atoms with E-state index in [0.29, 0.717) is 17.9 Å². The largest absolute Gasteiger partial charge is 0.360 e. The first-order valence-corrected chi connectivity index (χ1v) is 9.17. The van der Waals surface area contributed by atoms with E-state index in [1.54, 1.807) is 18.5 Å². The van der Waals surface area contributed by atoms with E-state index in [9.17, 15) is 8.42 Å². The fourth-order valence-electron chi connectivity index (χ4n) is 2.83. The quantitative estimate of drug-likeness (QED) is 0.911. The zero-order valence-corrected chi connectivity index (χ0v) is 14.5. The second-order valence-electron chi connectivity index (χ2n) is 6.18. The normalized spacial score (nSPS) is 18.4. The first-order valence-electron chi connectivity index (χ1n) is 7.69. The second-order valence-corrected chi connectivity index (χ2v) is 7.83. The average Bonchev–Trinajstić information content (AvgIpc) is 3.03. The van der Waals surface area contributed by atoms with Crippen LogP contribution in [0, 0.1) is 13.8 Å². The summed E-state index contributed by atoms with van der Waals surface area (Å²) in [6.07, 6.45) is 1.54. The SMILES string of the molecule is Cc1noc(C)c1S(=O)(=O)N[C@@H]1CCCn2nc(C(C)C)nc21. The Morgan fingerprint density at radius 2 is 2.09 bits per heavy atom. The number of fused-ring (bicyclic) bond motifs is 1. The predicted octanol–water partition coefficient (Wildman–Crippen LogP) is 1.82. The van der Waals surface area contributed by atoms with Crippen molar-refractivity contribution >= 4 is 10.0 Å². The van der Waals surface area contributed by atoms with Crippen molar-refractivity contribution in [3.05, 3.63) is 23.1 Å². The zero-order chi connectivity index (χ0) is 16.8. The fourth-order valence-corrected chi connectivity index (χ4v) is 4.39. The molecule has 0 radical (unpaired) electrons. The Hall–Kier alpha value is -1.74. The Bertz CT molecular complexity index is 802. The minimum absolute atomic E-state index is 0.109. The summed E-state index contributed by atoms with van der Waals surface area (Å²) in [7, 11) is -3.72. The zero-order valence-electron chi connectivity index (χ0n) is 13.7. The molecule has 1 aliphatic rings. The Morgan fingerprint density at radius 1 is 1.35 bits per heavy atom. The van der Waals surface area contributed by atoms with Crippen molar-refractivity contribution in [2.45, 2.75) is 63.9 Å². The van der Waals surface area contributed by atoms with Crippen LogP contribution in [0.15, 0.2) is 9.42 Å². The lowest BCUT2D eigenvalue weighted by Gasteiger charge is -2.22. The molecular formula is C14H21N5O3S. The standard InChI is InChI=1S/C14H21N5O3S/c1-8(2)13-15-14-11(6-5-7-19(14)16-13)18-23(20,21)12-9(3)17-22-10(12)4/h8,11,18H,5-7H2,1-4H3/t11-/m1/s1. The molecule has 126 valence electrons. The summed E-state index contributed by atoms with van der Waals surface area (Å²) in [6.45, 7) is 8.01. The highest BCUT2D eigenvalue weighted by Gasteiger charge is 2.32. The van der Waals surface area contributed by atoms with Crippen LogP contribution in [0.5, 0.6) is 0 Å². The van der Waals surface area contributed by atoms with Crippen LogP contribution in [-0.4, -0.2) is 28.3 Å². The first kappa shape index (κ1) is 16.1. The molecule has 0 aliphatic carbocycles. The summed E-state index contributed by atoms with van der Waals surface area (Å²) >= 11 is 0. The van der Waals surface area contributed by atoms with Gasteiger partial charge in [0.15, 0.2) is 11.6 Å². The molecule has 0 spiro atoms. The molecule has 3 heterocycles. The van der Waals surface area contributed by atoms with Gasteiger partial charge in [-0.25, -0.2) is 22.8 Å². The molecule has 1 aliphatic heterocycles. The van der Waals surface area contributed by atoms with Crippen molar-refractivity contribution in [1.29, 1.82) is 0 Å². The van der Waals surface area contributed by atoms with Gasteiger partial charge in [0.1, 0.15) is 16.4 Å². The molecule has 1 N–H and O–H groups in total. The molecule has 0 saturated carbocycles. The maximum absolute atomic E-state index is 12.7. The topological polar surface area (TPSA) is 103 Å². The van der Waals surface area contributed by atoms with Crippen LogP contribution in [0.4, 0.5) is 0 Å². The number of rotatable bonds is 4. The molecule has 0 unspecified atom stereocenters. The summed E-state index contributed by atoms with van der Waals surface area (Å²) in [6, 6.07) is -0.387. The van der Waals surface area contributed by atoms with Gasteiger partial charge in [-0.1, -0.05) is 19.0 Å². The third kappa shape index (κ3) is 2.90. The lowest BCUT2D eigenvalue weighted by Crippen LogP contribution is -2.33. The van der Waals surface area contributed by atoms with Crippen molar-refractivity contribution in [3.63, 3.8) is 0 Å². The van der Waals surface area contributed by atoms with Crippen LogP contribution >= 0.6 is 0 Å². The van der Waals surface area contributed by atoms with Crippen LogP contribution in [0.2, 0.25) is 0 Å². The Morgan fingerprint density at radius 3 is 2.70 bits per heavy atom. The number of nitrogens with zero attached hydrogens (tertiary/aromatic N) is 4. The molecule has 2 aromatic heterocycles. The van der Waals surface area contributed by atoms with Gasteiger partial charge in [0.2, 0.25) is 10.0 Å². The number of hydrogen-bond donors (Lipinski definition) is 1. The number of aromatic nitrogens is 4. The second kappa shape index (κ2) is 5.72. The smallest absolute Gasteiger partial charge is 0.246 e. The third-order valence-corrected chi connectivity index (χ3v) is 5.66. The minimum Gasteiger partial charge on any atom is -0.360 e. The lowest BCUT2D eigenvalue weighted by molar-refractivity contribution is 0.389. The van der Waals surface area contributed by atoms with E-state index in [-0.39, 0.29) is 22.6 Å². The average molecular weight is 339 g/mol. The summed E-state index contributed by atoms with van der Waals surface area (Å²) in [4.78, 5) is 4.64. The maximum Gasteiger partial charge on any atom is 0.246 e. The molecule has 2 aromatic rings. The van der Waals surface area contributed by atoms with Crippen molar-refractivity contribution in [2.75, 3.05) is 0 Å². The summed E-state index contributed by atoms with van der Waals surface area (Å²) in [5.41, 5.74) is 0.357. The number of aryl methyl sites for hydroxylation is 3. The van der Waals surface area contributed by atoms with E-state index in [1.807, 2.05) is 13.8 Å². The Balaban J connectivity index is 1.93. The van der Waals surface area contributed by atoms with E-state index < -0.39 is 10.0 Å². The van der Waals surface area contributed by atoms with E-state index >= 15 is 0 Å². The molecule has 8 nitrogen and oxygen atoms in total. The van der Waals surface area contributed by atoms with Crippen molar-refractivity contribution in [2.24, 2.45) is 0 Å². The van der Waals surface area contributed by atoms with Gasteiger partial charge < -0.3 is 4.52 Å². The number of sulfonamides is 1. The van der Waals surface area contributed by atoms with Gasteiger partial charge in [-0.15, -0.1) is 0 Å². The summed E-state index contributed by atoms with van der Waals surface area (Å²) in [5.74, 6) is 1.90. The molecule has 0 amide bonds. The Labute approximate surface area is 135 Å². The van der Waals surface area contributed by atoms with Crippen molar-refractivity contribution in [3.8, 4) is 0 Å². The van der Waals surface area contributed by atoms with Crippen LogP contribution in [0.3, 0.4) is 0 Å². The third-order valence-electron chi connectivity index (χ3n) is 3.94. The van der Waals surface area contributed by atoms with Gasteiger partial charge >= 0.3 is 0 Å². The molecule has 23 heavy (non-hydrogen) atoms. The minimum atomic E-state index is -3.72. The van der Waals surface area contributed by atoms with Gasteiger partial charge in [-0.3, -0.25) is 0 Å². The van der Waals surface area contributed by atoms with Gasteiger partial charge in [0.25, 0.3) is 0 Å². The number of nitrogens with one attached hydrogen (secondary N) is 1. The first-order chi connectivity index (χ1) is 10.8. The van der Waals surface area contributed by atoms with Gasteiger partial charge in [0.05, 0.1) is 6.04 Å². The molecular weight excluding hydrogens is 318 g/mol. The highest BCUT2D eigenvalue weighted by molar-refractivity contribution is 7.89. The monoisotopic (exact) mass is 339 g/mol. The molecule has 0 fully saturated rings. The molecule has 0 aromatic carbocycles. The lowest BCUT2D eigenvalue weighted by atomic mass is 10.1. The molecule has 9 heteroatoms. The predicted molar refractivity (Wildman–Crippen MR) is 82.4 cm³/mol. The van der Waals surface area contributed by atoms with Crippen LogP contribution in [0.25, 0.3) is 0 Å². The van der Waals surface area contributed by atoms with Crippen molar-refractivity contribution in [1.82, 2.24) is 24.6 Å². The van der Waals surface area contributed by atoms with Gasteiger partial charge in [0, 0.05) is 12.5 Å². The summed E-state index contributed by atoms with van der Waals surface area (Å²) < 4.78 is 34.9. The maximum atomic E-state index is 12.7. The number of hydrogen-bond acceptors (Lipinski definition) is 6. The molecule has 3 rings (SSSR count). The Kier molecular flexibility index (Phi) is 4.01. The van der Waals surface area contributed by atoms with Crippen molar-refractivity contribution < 1.29 is 12.9 Å². The van der Waals surface area contributed by atoms with Crippen LogP contribution < -0.4 is 4.72 Å².